The highest BCUT2D eigenvalue weighted by atomic mass is 16.5. The number of hydrogen-bond donors (Lipinski definition) is 1. The summed E-state index contributed by atoms with van der Waals surface area (Å²) in [5.74, 6) is -1.28. The molecule has 1 aromatic carbocycles. The molecule has 0 unspecified atom stereocenters. The lowest BCUT2D eigenvalue weighted by atomic mass is 10.3. The lowest BCUT2D eigenvalue weighted by Crippen LogP contribution is -2.20. The van der Waals surface area contributed by atoms with Gasteiger partial charge in [-0.25, -0.2) is 0 Å². The second-order valence-electron chi connectivity index (χ2n) is 3.87. The summed E-state index contributed by atoms with van der Waals surface area (Å²) in [4.78, 5) is 21.5. The molecule has 1 aromatic rings. The minimum Gasteiger partial charge on any atom is -0.545 e. The van der Waals surface area contributed by atoms with Crippen LogP contribution >= 0.6 is 0 Å². The fraction of sp³-hybridized carbons (Fsp3) is 0.286. The molecule has 0 bridgehead atoms. The van der Waals surface area contributed by atoms with E-state index in [4.69, 9.17) is 4.74 Å². The third kappa shape index (κ3) is 6.26. The Balaban J connectivity index is 2.56. The van der Waals surface area contributed by atoms with E-state index in [1.54, 1.807) is 24.3 Å². The van der Waals surface area contributed by atoms with Gasteiger partial charge in [-0.3, -0.25) is 4.79 Å². The predicted molar refractivity (Wildman–Crippen MR) is 69.6 cm³/mol. The van der Waals surface area contributed by atoms with Crippen LogP contribution in [0.25, 0.3) is 0 Å². The van der Waals surface area contributed by atoms with Crippen molar-refractivity contribution in [3.8, 4) is 5.75 Å². The number of benzene rings is 1. The number of ether oxygens (including phenoxy) is 1. The molecule has 0 aliphatic heterocycles. The third-order valence-corrected chi connectivity index (χ3v) is 2.24. The van der Waals surface area contributed by atoms with E-state index in [0.29, 0.717) is 24.1 Å². The summed E-state index contributed by atoms with van der Waals surface area (Å²) in [5.41, 5.74) is 0.544. The van der Waals surface area contributed by atoms with E-state index >= 15 is 0 Å². The molecule has 0 aromatic heterocycles. The first-order valence-electron chi connectivity index (χ1n) is 6.04. The van der Waals surface area contributed by atoms with Crippen molar-refractivity contribution in [1.29, 1.82) is 0 Å². The van der Waals surface area contributed by atoms with Crippen LogP contribution in [0.4, 0.5) is 5.69 Å². The summed E-state index contributed by atoms with van der Waals surface area (Å²) in [7, 11) is 0. The number of carboxylic acid groups (broad SMARTS) is 1. The smallest absolute Gasteiger partial charge is 0.248 e. The van der Waals surface area contributed by atoms with E-state index in [1.165, 1.54) is 0 Å². The van der Waals surface area contributed by atoms with Crippen molar-refractivity contribution < 1.29 is 19.4 Å². The SMILES string of the molecule is CCCCOc1cccc(NC(=O)/C=C/C(=O)[O-])c1. The number of carbonyl (C=O) groups excluding carboxylic acids is 2. The molecular weight excluding hydrogens is 246 g/mol. The van der Waals surface area contributed by atoms with Gasteiger partial charge in [-0.1, -0.05) is 19.4 Å². The highest BCUT2D eigenvalue weighted by Crippen LogP contribution is 2.17. The number of unbranched alkanes of at least 4 members (excludes halogenated alkanes) is 1. The fourth-order valence-electron chi connectivity index (χ4n) is 1.33. The Labute approximate surface area is 111 Å². The number of hydrogen-bond acceptors (Lipinski definition) is 4. The Morgan fingerprint density at radius 2 is 2.16 bits per heavy atom. The highest BCUT2D eigenvalue weighted by Gasteiger charge is 2.00. The van der Waals surface area contributed by atoms with Crippen LogP contribution < -0.4 is 15.2 Å². The van der Waals surface area contributed by atoms with Crippen LogP contribution in [0.5, 0.6) is 5.75 Å². The first-order chi connectivity index (χ1) is 9.11. The topological polar surface area (TPSA) is 78.5 Å². The number of nitrogens with one attached hydrogen (secondary N) is 1. The molecule has 1 N–H and O–H groups in total. The molecule has 19 heavy (non-hydrogen) atoms. The van der Waals surface area contributed by atoms with Crippen molar-refractivity contribution in [2.45, 2.75) is 19.8 Å². The van der Waals surface area contributed by atoms with Crippen LogP contribution in [0.2, 0.25) is 0 Å². The van der Waals surface area contributed by atoms with Crippen LogP contribution in [0.3, 0.4) is 0 Å². The number of anilines is 1. The largest absolute Gasteiger partial charge is 0.545 e. The Morgan fingerprint density at radius 1 is 1.37 bits per heavy atom. The minimum absolute atomic E-state index is 0.532. The fourth-order valence-corrected chi connectivity index (χ4v) is 1.33. The molecule has 5 nitrogen and oxygen atoms in total. The van der Waals surface area contributed by atoms with Gasteiger partial charge in [0.2, 0.25) is 5.91 Å². The lowest BCUT2D eigenvalue weighted by Gasteiger charge is -2.07. The van der Waals surface area contributed by atoms with Crippen LogP contribution in [-0.2, 0) is 9.59 Å². The average Bonchev–Trinajstić information content (AvgIpc) is 2.37. The molecule has 0 saturated carbocycles. The molecule has 0 aliphatic carbocycles. The average molecular weight is 262 g/mol. The Morgan fingerprint density at radius 3 is 2.84 bits per heavy atom. The van der Waals surface area contributed by atoms with Crippen LogP contribution in [-0.4, -0.2) is 18.5 Å². The van der Waals surface area contributed by atoms with Crippen LogP contribution in [0.1, 0.15) is 19.8 Å². The maximum Gasteiger partial charge on any atom is 0.248 e. The van der Waals surface area contributed by atoms with Gasteiger partial charge in [0.15, 0.2) is 0 Å². The maximum atomic E-state index is 11.4. The monoisotopic (exact) mass is 262 g/mol. The quantitative estimate of drug-likeness (QED) is 0.589. The van der Waals surface area contributed by atoms with E-state index < -0.39 is 11.9 Å². The molecule has 102 valence electrons. The molecule has 0 heterocycles. The molecule has 1 amide bonds. The minimum atomic E-state index is -1.41. The molecule has 0 atom stereocenters. The summed E-state index contributed by atoms with van der Waals surface area (Å²) in [6, 6.07) is 6.92. The van der Waals surface area contributed by atoms with Gasteiger partial charge in [-0.05, 0) is 24.6 Å². The van der Waals surface area contributed by atoms with Crippen molar-refractivity contribution in [2.24, 2.45) is 0 Å². The molecule has 0 spiro atoms. The van der Waals surface area contributed by atoms with Crippen molar-refractivity contribution >= 4 is 17.6 Å². The molecule has 0 saturated heterocycles. The van der Waals surface area contributed by atoms with E-state index in [2.05, 4.69) is 12.2 Å². The third-order valence-electron chi connectivity index (χ3n) is 2.24. The molecular formula is C14H16NO4-. The van der Waals surface area contributed by atoms with Gasteiger partial charge in [0.05, 0.1) is 12.6 Å². The van der Waals surface area contributed by atoms with Gasteiger partial charge < -0.3 is 20.0 Å². The van der Waals surface area contributed by atoms with E-state index in [9.17, 15) is 14.7 Å². The molecule has 0 aliphatic rings. The van der Waals surface area contributed by atoms with Gasteiger partial charge in [0.1, 0.15) is 5.75 Å². The summed E-state index contributed by atoms with van der Waals surface area (Å²) in [6.45, 7) is 2.70. The second kappa shape index (κ2) is 7.92. The van der Waals surface area contributed by atoms with Gasteiger partial charge in [-0.2, -0.15) is 0 Å². The lowest BCUT2D eigenvalue weighted by molar-refractivity contribution is -0.297. The summed E-state index contributed by atoms with van der Waals surface area (Å²) in [6.07, 6.45) is 3.59. The van der Waals surface area contributed by atoms with E-state index in [-0.39, 0.29) is 0 Å². The van der Waals surface area contributed by atoms with Gasteiger partial charge in [0, 0.05) is 17.8 Å². The van der Waals surface area contributed by atoms with Crippen LogP contribution in [0, 0.1) is 0 Å². The first kappa shape index (κ1) is 14.8. The van der Waals surface area contributed by atoms with Crippen LogP contribution in [0.15, 0.2) is 36.4 Å². The summed E-state index contributed by atoms with van der Waals surface area (Å²) >= 11 is 0. The second-order valence-corrected chi connectivity index (χ2v) is 3.87. The summed E-state index contributed by atoms with van der Waals surface area (Å²) in [5, 5.41) is 12.7. The van der Waals surface area contributed by atoms with Crippen molar-refractivity contribution in [1.82, 2.24) is 0 Å². The molecule has 0 fully saturated rings. The molecule has 5 heteroatoms. The zero-order valence-corrected chi connectivity index (χ0v) is 10.7. The molecule has 1 rings (SSSR count). The highest BCUT2D eigenvalue weighted by molar-refractivity contribution is 6.02. The Hall–Kier alpha value is -2.30. The standard InChI is InChI=1S/C14H17NO4/c1-2-3-9-19-12-6-4-5-11(10-12)15-13(16)7-8-14(17)18/h4-8,10H,2-3,9H2,1H3,(H,15,16)(H,17,18)/p-1/b8-7+. The number of amides is 1. The molecule has 0 radical (unpaired) electrons. The van der Waals surface area contributed by atoms with E-state index in [1.807, 2.05) is 0 Å². The first-order valence-corrected chi connectivity index (χ1v) is 6.04. The number of aliphatic carboxylic acids is 1. The Bertz CT molecular complexity index is 468. The number of rotatable bonds is 7. The zero-order chi connectivity index (χ0) is 14.1. The summed E-state index contributed by atoms with van der Waals surface area (Å²) < 4.78 is 5.49. The normalized spacial score (nSPS) is 10.4. The van der Waals surface area contributed by atoms with Crippen molar-refractivity contribution in [2.75, 3.05) is 11.9 Å². The number of carbonyl (C=O) groups is 2. The predicted octanol–water partition coefficient (Wildman–Crippen LogP) is 1.11. The number of carboxylic acids is 1. The van der Waals surface area contributed by atoms with Crippen molar-refractivity contribution in [3.05, 3.63) is 36.4 Å². The van der Waals surface area contributed by atoms with E-state index in [0.717, 1.165) is 18.9 Å². The van der Waals surface area contributed by atoms with Gasteiger partial charge in [0.25, 0.3) is 0 Å². The van der Waals surface area contributed by atoms with Gasteiger partial charge >= 0.3 is 0 Å². The maximum absolute atomic E-state index is 11.4. The zero-order valence-electron chi connectivity index (χ0n) is 10.7. The Kier molecular flexibility index (Phi) is 6.15. The van der Waals surface area contributed by atoms with Gasteiger partial charge in [-0.15, -0.1) is 0 Å². The van der Waals surface area contributed by atoms with Crippen molar-refractivity contribution in [3.63, 3.8) is 0 Å².